The molecule has 0 aliphatic carbocycles. The van der Waals surface area contributed by atoms with E-state index >= 15 is 0 Å². The van der Waals surface area contributed by atoms with Crippen molar-refractivity contribution in [2.24, 2.45) is 0 Å². The molecule has 2 aromatic rings. The van der Waals surface area contributed by atoms with Gasteiger partial charge in [0.15, 0.2) is 0 Å². The zero-order chi connectivity index (χ0) is 15.4. The van der Waals surface area contributed by atoms with E-state index in [4.69, 9.17) is 19.4 Å². The quantitative estimate of drug-likeness (QED) is 0.694. The summed E-state index contributed by atoms with van der Waals surface area (Å²) < 4.78 is 28.1. The molecule has 0 amide bonds. The minimum absolute atomic E-state index is 0.271. The first-order chi connectivity index (χ1) is 9.95. The van der Waals surface area contributed by atoms with E-state index in [9.17, 15) is 8.78 Å². The van der Waals surface area contributed by atoms with Gasteiger partial charge in [-0.25, -0.2) is 0 Å². The SMILES string of the molecule is Cc1cc(F)ccc1NCc1ccc(F)cc1[CH]=[Ru]([Cl])[Cl]. The van der Waals surface area contributed by atoms with Crippen LogP contribution >= 0.6 is 19.4 Å². The van der Waals surface area contributed by atoms with Crippen LogP contribution in [0.15, 0.2) is 36.4 Å². The number of anilines is 1. The standard InChI is InChI=1S/C15H13F2N.2ClH.Ru/c1-10-7-13(16)4-3-12(10)9-18-15-6-5-14(17)8-11(15)2;;;/h1,3-8,18H,9H2,2H3;2*1H;/q;;;+2/p-2. The summed E-state index contributed by atoms with van der Waals surface area (Å²) >= 11 is -2.03. The Kier molecular flexibility index (Phi) is 5.86. The van der Waals surface area contributed by atoms with E-state index in [-0.39, 0.29) is 11.6 Å². The third-order valence-corrected chi connectivity index (χ3v) is 4.79. The monoisotopic (exact) mass is 417 g/mol. The molecule has 0 spiro atoms. The van der Waals surface area contributed by atoms with E-state index in [2.05, 4.69) is 5.32 Å². The Bertz CT molecular complexity index is 685. The van der Waals surface area contributed by atoms with Gasteiger partial charge in [0.1, 0.15) is 0 Å². The third kappa shape index (κ3) is 4.84. The Morgan fingerprint density at radius 1 is 1.10 bits per heavy atom. The van der Waals surface area contributed by atoms with Crippen molar-refractivity contribution < 1.29 is 22.3 Å². The summed E-state index contributed by atoms with van der Waals surface area (Å²) in [6.07, 6.45) is 0. The molecule has 0 saturated carbocycles. The molecule has 0 aromatic heterocycles. The normalized spacial score (nSPS) is 11.2. The summed E-state index contributed by atoms with van der Waals surface area (Å²) in [6, 6.07) is 9.04. The number of aryl methyl sites for hydroxylation is 1. The summed E-state index contributed by atoms with van der Waals surface area (Å²) in [5, 5.41) is 3.21. The van der Waals surface area contributed by atoms with E-state index < -0.39 is 13.5 Å². The summed E-state index contributed by atoms with van der Waals surface area (Å²) in [4.78, 5) is 0. The first-order valence-electron chi connectivity index (χ1n) is 6.07. The van der Waals surface area contributed by atoms with Gasteiger partial charge in [0.05, 0.1) is 0 Å². The fraction of sp³-hybridized carbons (Fsp3) is 0.133. The molecule has 0 heterocycles. The Balaban J connectivity index is 2.21. The van der Waals surface area contributed by atoms with Crippen molar-refractivity contribution in [3.63, 3.8) is 0 Å². The number of hydrogen-bond donors (Lipinski definition) is 1. The van der Waals surface area contributed by atoms with Gasteiger partial charge in [0.25, 0.3) is 0 Å². The molecule has 0 fully saturated rings. The predicted octanol–water partition coefficient (Wildman–Crippen LogP) is 4.96. The van der Waals surface area contributed by atoms with Crippen LogP contribution < -0.4 is 5.32 Å². The van der Waals surface area contributed by atoms with Crippen molar-refractivity contribution >= 4 is 29.7 Å². The number of rotatable bonds is 4. The number of hydrogen-bond acceptors (Lipinski definition) is 1. The fourth-order valence-corrected chi connectivity index (χ4v) is 3.78. The molecule has 2 rings (SSSR count). The van der Waals surface area contributed by atoms with Gasteiger partial charge in [-0.15, -0.1) is 0 Å². The van der Waals surface area contributed by atoms with Gasteiger partial charge in [-0.3, -0.25) is 0 Å². The second-order valence-electron chi connectivity index (χ2n) is 4.46. The molecule has 0 radical (unpaired) electrons. The summed E-state index contributed by atoms with van der Waals surface area (Å²) in [7, 11) is 11.7. The fourth-order valence-electron chi connectivity index (χ4n) is 1.92. The predicted molar refractivity (Wildman–Crippen MR) is 81.7 cm³/mol. The number of benzene rings is 2. The van der Waals surface area contributed by atoms with Crippen LogP contribution in [-0.4, -0.2) is 4.61 Å². The van der Waals surface area contributed by atoms with Crippen molar-refractivity contribution in [3.8, 4) is 0 Å². The Morgan fingerprint density at radius 2 is 1.76 bits per heavy atom. The van der Waals surface area contributed by atoms with E-state index in [1.807, 2.05) is 6.92 Å². The molecule has 0 saturated heterocycles. The molecular weight excluding hydrogens is 404 g/mol. The van der Waals surface area contributed by atoms with Crippen LogP contribution in [0.4, 0.5) is 14.5 Å². The molecule has 1 nitrogen and oxygen atoms in total. The minimum atomic E-state index is -2.03. The average Bonchev–Trinajstić information content (AvgIpc) is 2.39. The van der Waals surface area contributed by atoms with Crippen molar-refractivity contribution in [1.29, 1.82) is 0 Å². The van der Waals surface area contributed by atoms with Crippen molar-refractivity contribution in [2.75, 3.05) is 5.32 Å². The molecule has 0 aliphatic rings. The second-order valence-corrected chi connectivity index (χ2v) is 10.2. The van der Waals surface area contributed by atoms with Gasteiger partial charge < -0.3 is 0 Å². The molecule has 2 aromatic carbocycles. The summed E-state index contributed by atoms with van der Waals surface area (Å²) in [6.45, 7) is 2.30. The topological polar surface area (TPSA) is 12.0 Å². The molecule has 0 aliphatic heterocycles. The van der Waals surface area contributed by atoms with Gasteiger partial charge in [-0.05, 0) is 0 Å². The summed E-state index contributed by atoms with van der Waals surface area (Å²) in [5.74, 6) is -0.598. The van der Waals surface area contributed by atoms with Crippen LogP contribution in [-0.2, 0) is 20.1 Å². The van der Waals surface area contributed by atoms with Gasteiger partial charge in [0, 0.05) is 0 Å². The number of nitrogens with one attached hydrogen (secondary N) is 1. The van der Waals surface area contributed by atoms with E-state index in [1.54, 1.807) is 16.7 Å². The van der Waals surface area contributed by atoms with Crippen LogP contribution in [0.3, 0.4) is 0 Å². The van der Waals surface area contributed by atoms with Crippen molar-refractivity contribution in [2.45, 2.75) is 13.5 Å². The van der Waals surface area contributed by atoms with Crippen molar-refractivity contribution in [1.82, 2.24) is 0 Å². The molecule has 0 unspecified atom stereocenters. The first kappa shape index (κ1) is 16.5. The molecule has 6 heteroatoms. The van der Waals surface area contributed by atoms with E-state index in [0.29, 0.717) is 12.1 Å². The molecule has 1 N–H and O–H groups in total. The van der Waals surface area contributed by atoms with Crippen LogP contribution in [0, 0.1) is 18.6 Å². The maximum atomic E-state index is 13.3. The molecular formula is C15H13Cl2F2NRu. The molecule has 0 atom stereocenters. The van der Waals surface area contributed by atoms with Gasteiger partial charge in [-0.2, -0.15) is 0 Å². The Morgan fingerprint density at radius 3 is 2.43 bits per heavy atom. The third-order valence-electron chi connectivity index (χ3n) is 2.95. The zero-order valence-electron chi connectivity index (χ0n) is 11.1. The second kappa shape index (κ2) is 7.44. The van der Waals surface area contributed by atoms with Gasteiger partial charge in [-0.1, -0.05) is 0 Å². The van der Waals surface area contributed by atoms with E-state index in [0.717, 1.165) is 16.8 Å². The van der Waals surface area contributed by atoms with Crippen LogP contribution in [0.25, 0.3) is 0 Å². The van der Waals surface area contributed by atoms with Crippen LogP contribution in [0.1, 0.15) is 16.7 Å². The Labute approximate surface area is 135 Å². The molecule has 0 bridgehead atoms. The average molecular weight is 417 g/mol. The molecule has 114 valence electrons. The molecule has 21 heavy (non-hydrogen) atoms. The van der Waals surface area contributed by atoms with E-state index in [1.165, 1.54) is 24.3 Å². The maximum absolute atomic E-state index is 13.3. The van der Waals surface area contributed by atoms with Gasteiger partial charge >= 0.3 is 135 Å². The Hall–Kier alpha value is -0.827. The first-order valence-corrected chi connectivity index (χ1v) is 11.6. The van der Waals surface area contributed by atoms with Gasteiger partial charge in [0.2, 0.25) is 0 Å². The number of halogens is 4. The van der Waals surface area contributed by atoms with Crippen molar-refractivity contribution in [3.05, 3.63) is 64.7 Å². The van der Waals surface area contributed by atoms with Crippen LogP contribution in [0.2, 0.25) is 0 Å². The summed E-state index contributed by atoms with van der Waals surface area (Å²) in [5.41, 5.74) is 3.23. The van der Waals surface area contributed by atoms with Crippen LogP contribution in [0.5, 0.6) is 0 Å². The zero-order valence-corrected chi connectivity index (χ0v) is 14.4.